The van der Waals surface area contributed by atoms with E-state index >= 15 is 0 Å². The van der Waals surface area contributed by atoms with Crippen LogP contribution in [0.3, 0.4) is 0 Å². The largest absolute Gasteiger partial charge is 0.546 e. The van der Waals surface area contributed by atoms with Gasteiger partial charge in [0.2, 0.25) is 0 Å². The van der Waals surface area contributed by atoms with Gasteiger partial charge in [-0.15, -0.1) is 0 Å². The molecule has 0 aliphatic heterocycles. The van der Waals surface area contributed by atoms with Crippen LogP contribution in [0.25, 0.3) is 11.0 Å². The number of carboxylic acid groups (broad SMARTS) is 1. The Balaban J connectivity index is 1.59. The number of hydrogen-bond donors (Lipinski definition) is 0. The van der Waals surface area contributed by atoms with Crippen molar-refractivity contribution in [1.29, 1.82) is 0 Å². The summed E-state index contributed by atoms with van der Waals surface area (Å²) < 4.78 is 17.2. The van der Waals surface area contributed by atoms with Crippen LogP contribution in [0.2, 0.25) is 0 Å². The zero-order chi connectivity index (χ0) is 20.1. The molecule has 0 aliphatic carbocycles. The van der Waals surface area contributed by atoms with Gasteiger partial charge >= 0.3 is 0 Å². The molecule has 1 heterocycles. The van der Waals surface area contributed by atoms with Gasteiger partial charge in [0.1, 0.15) is 12.7 Å². The van der Waals surface area contributed by atoms with Crippen molar-refractivity contribution in [3.63, 3.8) is 0 Å². The third kappa shape index (κ3) is 4.31. The number of carbonyl (C=O) groups excluding carboxylic acids is 1. The average molecular weight is 387 g/mol. The lowest BCUT2D eigenvalue weighted by Crippen LogP contribution is -2.28. The van der Waals surface area contributed by atoms with Gasteiger partial charge in [-0.3, -0.25) is 0 Å². The molecule has 146 valence electrons. The smallest absolute Gasteiger partial charge is 0.176 e. The van der Waals surface area contributed by atoms with E-state index in [0.717, 1.165) is 22.1 Å². The van der Waals surface area contributed by atoms with Crippen LogP contribution in [0, 0.1) is 0 Å². The summed E-state index contributed by atoms with van der Waals surface area (Å²) in [4.78, 5) is 10.7. The van der Waals surface area contributed by atoms with Crippen LogP contribution in [0.1, 0.15) is 22.8 Å². The second kappa shape index (κ2) is 8.63. The second-order valence-electron chi connectivity index (χ2n) is 6.57. The molecule has 3 aromatic carbocycles. The molecule has 0 N–H and O–H groups in total. The Morgan fingerprint density at radius 1 is 0.897 bits per heavy atom. The van der Waals surface area contributed by atoms with Gasteiger partial charge in [0.05, 0.1) is 18.8 Å². The summed E-state index contributed by atoms with van der Waals surface area (Å²) >= 11 is 0. The highest BCUT2D eigenvalue weighted by Gasteiger charge is 2.17. The van der Waals surface area contributed by atoms with E-state index in [9.17, 15) is 9.90 Å². The predicted molar refractivity (Wildman–Crippen MR) is 106 cm³/mol. The van der Waals surface area contributed by atoms with Gasteiger partial charge in [-0.1, -0.05) is 72.8 Å². The second-order valence-corrected chi connectivity index (χ2v) is 6.57. The van der Waals surface area contributed by atoms with Crippen molar-refractivity contribution in [3.8, 4) is 5.75 Å². The third-order valence-electron chi connectivity index (χ3n) is 4.60. The number of rotatable bonds is 8. The summed E-state index contributed by atoms with van der Waals surface area (Å²) in [7, 11) is 0. The molecule has 0 radical (unpaired) electrons. The molecule has 4 rings (SSSR count). The molecule has 0 saturated heterocycles. The summed E-state index contributed by atoms with van der Waals surface area (Å²) in [6.07, 6.45) is 1.39. The lowest BCUT2D eigenvalue weighted by molar-refractivity contribution is -0.307. The molecule has 29 heavy (non-hydrogen) atoms. The Labute approximate surface area is 168 Å². The predicted octanol–water partition coefficient (Wildman–Crippen LogP) is 3.87. The van der Waals surface area contributed by atoms with Gasteiger partial charge in [0.15, 0.2) is 11.3 Å². The van der Waals surface area contributed by atoms with Crippen molar-refractivity contribution in [2.24, 2.45) is 0 Å². The van der Waals surface area contributed by atoms with E-state index in [1.165, 1.54) is 0 Å². The SMILES string of the molecule is O=C([O-])COc1cccc2c(COC(c3ccccc3)c3ccccc3)coc12. The normalized spacial score (nSPS) is 11.1. The fourth-order valence-electron chi connectivity index (χ4n) is 3.26. The van der Waals surface area contributed by atoms with E-state index in [2.05, 4.69) is 0 Å². The first-order chi connectivity index (χ1) is 14.2. The third-order valence-corrected chi connectivity index (χ3v) is 4.60. The minimum Gasteiger partial charge on any atom is -0.546 e. The highest BCUT2D eigenvalue weighted by atomic mass is 16.5. The molecular weight excluding hydrogens is 368 g/mol. The summed E-state index contributed by atoms with van der Waals surface area (Å²) in [5, 5.41) is 11.5. The average Bonchev–Trinajstić information content (AvgIpc) is 3.18. The Morgan fingerprint density at radius 2 is 1.55 bits per heavy atom. The first kappa shape index (κ1) is 18.8. The van der Waals surface area contributed by atoms with Gasteiger partial charge in [-0.05, 0) is 17.2 Å². The molecule has 5 heteroatoms. The maximum absolute atomic E-state index is 10.7. The molecule has 4 aromatic rings. The zero-order valence-electron chi connectivity index (χ0n) is 15.6. The van der Waals surface area contributed by atoms with E-state index in [-0.39, 0.29) is 6.10 Å². The van der Waals surface area contributed by atoms with Crippen molar-refractivity contribution in [2.45, 2.75) is 12.7 Å². The van der Waals surface area contributed by atoms with E-state index < -0.39 is 12.6 Å². The van der Waals surface area contributed by atoms with Crippen LogP contribution in [0.4, 0.5) is 0 Å². The van der Waals surface area contributed by atoms with Crippen molar-refractivity contribution in [2.75, 3.05) is 6.61 Å². The summed E-state index contributed by atoms with van der Waals surface area (Å²) in [5.74, 6) is -0.925. The van der Waals surface area contributed by atoms with Crippen molar-refractivity contribution in [3.05, 3.63) is 102 Å². The summed E-state index contributed by atoms with van der Waals surface area (Å²) in [6, 6.07) is 25.4. The van der Waals surface area contributed by atoms with E-state index in [1.807, 2.05) is 66.7 Å². The maximum atomic E-state index is 10.7. The quantitative estimate of drug-likeness (QED) is 0.459. The molecule has 0 amide bonds. The highest BCUT2D eigenvalue weighted by Crippen LogP contribution is 2.32. The molecule has 5 nitrogen and oxygen atoms in total. The topological polar surface area (TPSA) is 71.7 Å². The van der Waals surface area contributed by atoms with E-state index in [4.69, 9.17) is 13.9 Å². The minimum atomic E-state index is -1.29. The summed E-state index contributed by atoms with van der Waals surface area (Å²) in [5.41, 5.74) is 3.47. The number of fused-ring (bicyclic) bond motifs is 1. The fraction of sp³-hybridized carbons (Fsp3) is 0.125. The van der Waals surface area contributed by atoms with Gasteiger partial charge in [-0.2, -0.15) is 0 Å². The van der Waals surface area contributed by atoms with Gasteiger partial charge in [-0.25, -0.2) is 0 Å². The Kier molecular flexibility index (Phi) is 5.59. The van der Waals surface area contributed by atoms with Crippen LogP contribution >= 0.6 is 0 Å². The van der Waals surface area contributed by atoms with Crippen LogP contribution in [0.15, 0.2) is 89.5 Å². The molecule has 0 fully saturated rings. The van der Waals surface area contributed by atoms with E-state index in [1.54, 1.807) is 18.4 Å². The number of furan rings is 1. The number of carbonyl (C=O) groups is 1. The maximum Gasteiger partial charge on any atom is 0.176 e. The highest BCUT2D eigenvalue weighted by molar-refractivity contribution is 5.86. The molecule has 0 unspecified atom stereocenters. The number of para-hydroxylation sites is 1. The van der Waals surface area contributed by atoms with Crippen molar-refractivity contribution in [1.82, 2.24) is 0 Å². The molecule has 0 atom stereocenters. The van der Waals surface area contributed by atoms with Gasteiger partial charge in [0.25, 0.3) is 0 Å². The monoisotopic (exact) mass is 387 g/mol. The Hall–Kier alpha value is -3.57. The molecule has 1 aromatic heterocycles. The van der Waals surface area contributed by atoms with Gasteiger partial charge in [0, 0.05) is 10.9 Å². The van der Waals surface area contributed by atoms with Crippen molar-refractivity contribution >= 4 is 16.9 Å². The van der Waals surface area contributed by atoms with Gasteiger partial charge < -0.3 is 23.8 Å². The molecule has 0 saturated carbocycles. The fourth-order valence-corrected chi connectivity index (χ4v) is 3.26. The van der Waals surface area contributed by atoms with E-state index in [0.29, 0.717) is 17.9 Å². The van der Waals surface area contributed by atoms with Crippen LogP contribution < -0.4 is 9.84 Å². The first-order valence-corrected chi connectivity index (χ1v) is 9.25. The minimum absolute atomic E-state index is 0.222. The molecule has 0 bridgehead atoms. The molecule has 0 spiro atoms. The zero-order valence-corrected chi connectivity index (χ0v) is 15.6. The standard InChI is InChI=1S/C24H20O5/c25-22(26)16-27-21-13-7-12-20-19(15-29-24(20)21)14-28-23(17-8-3-1-4-9-17)18-10-5-2-6-11-18/h1-13,15,23H,14,16H2,(H,25,26)/p-1. The van der Waals surface area contributed by atoms with Crippen LogP contribution in [-0.4, -0.2) is 12.6 Å². The van der Waals surface area contributed by atoms with Crippen LogP contribution in [-0.2, 0) is 16.1 Å². The Bertz CT molecular complexity index is 1050. The number of benzene rings is 3. The number of aliphatic carboxylic acids is 1. The number of hydrogen-bond acceptors (Lipinski definition) is 5. The molecule has 0 aliphatic rings. The number of ether oxygens (including phenoxy) is 2. The first-order valence-electron chi connectivity index (χ1n) is 9.25. The Morgan fingerprint density at radius 3 is 2.17 bits per heavy atom. The lowest BCUT2D eigenvalue weighted by Gasteiger charge is -2.18. The number of carboxylic acids is 1. The lowest BCUT2D eigenvalue weighted by atomic mass is 10.0. The van der Waals surface area contributed by atoms with Crippen LogP contribution in [0.5, 0.6) is 5.75 Å². The summed E-state index contributed by atoms with van der Waals surface area (Å²) in [6.45, 7) is -0.207. The molecular formula is C24H19O5-. The van der Waals surface area contributed by atoms with Crippen molar-refractivity contribution < 1.29 is 23.8 Å².